The number of rotatable bonds is 4. The van der Waals surface area contributed by atoms with Gasteiger partial charge >= 0.3 is 0 Å². The van der Waals surface area contributed by atoms with E-state index in [1.54, 1.807) is 0 Å². The van der Waals surface area contributed by atoms with Crippen molar-refractivity contribution >= 4 is 17.5 Å². The quantitative estimate of drug-likeness (QED) is 0.625. The summed E-state index contributed by atoms with van der Waals surface area (Å²) in [7, 11) is 1.32. The lowest BCUT2D eigenvalue weighted by atomic mass is 10.1. The van der Waals surface area contributed by atoms with E-state index in [0.29, 0.717) is 0 Å². The number of aromatic amines is 1. The smallest absolute Gasteiger partial charge is 0.285 e. The summed E-state index contributed by atoms with van der Waals surface area (Å²) >= 11 is 0. The number of benzene rings is 1. The molecule has 0 atom stereocenters. The third-order valence-electron chi connectivity index (χ3n) is 2.29. The van der Waals surface area contributed by atoms with Crippen LogP contribution in [0.15, 0.2) is 24.5 Å². The van der Waals surface area contributed by atoms with Gasteiger partial charge in [-0.1, -0.05) is 6.07 Å². The van der Waals surface area contributed by atoms with E-state index >= 15 is 0 Å². The Hall–Kier alpha value is -2.97. The number of hydrogen-bond donors (Lipinski definition) is 2. The molecular weight excluding hydrogens is 254 g/mol. The minimum absolute atomic E-state index is 0.0882. The Balaban J connectivity index is 2.41. The summed E-state index contributed by atoms with van der Waals surface area (Å²) in [5.74, 6) is -0.516. The van der Waals surface area contributed by atoms with E-state index in [2.05, 4.69) is 20.5 Å². The first-order chi connectivity index (χ1) is 9.13. The molecular formula is C10H9N5O4. The maximum Gasteiger partial charge on any atom is 0.285 e. The molecule has 0 fully saturated rings. The van der Waals surface area contributed by atoms with Crippen LogP contribution in [0.4, 0.5) is 11.6 Å². The van der Waals surface area contributed by atoms with Gasteiger partial charge in [-0.2, -0.15) is 10.1 Å². The molecule has 2 rings (SSSR count). The van der Waals surface area contributed by atoms with Gasteiger partial charge in [-0.3, -0.25) is 20.2 Å². The number of ether oxygens (including phenoxy) is 1. The molecule has 0 saturated heterocycles. The molecule has 9 heteroatoms. The maximum absolute atomic E-state index is 12.0. The summed E-state index contributed by atoms with van der Waals surface area (Å²) < 4.78 is 4.96. The highest BCUT2D eigenvalue weighted by Crippen LogP contribution is 2.28. The van der Waals surface area contributed by atoms with Crippen molar-refractivity contribution in [2.75, 3.05) is 12.4 Å². The standard InChI is InChI=1S/C10H9N5O4/c1-19-7-4-2-3-6(15(17)18)8(7)9(16)13-10-11-5-12-14-10/h2-5H,1H3,(H2,11,12,13,14,16). The molecule has 1 aromatic carbocycles. The van der Waals surface area contributed by atoms with Crippen LogP contribution in [0, 0.1) is 10.1 Å². The van der Waals surface area contributed by atoms with Gasteiger partial charge in [0.15, 0.2) is 5.56 Å². The van der Waals surface area contributed by atoms with Crippen molar-refractivity contribution in [3.8, 4) is 5.75 Å². The Kier molecular flexibility index (Phi) is 3.37. The van der Waals surface area contributed by atoms with Gasteiger partial charge in [0, 0.05) is 6.07 Å². The number of H-pyrrole nitrogens is 1. The van der Waals surface area contributed by atoms with Gasteiger partial charge in [-0.05, 0) is 6.07 Å². The van der Waals surface area contributed by atoms with E-state index in [1.165, 1.54) is 31.6 Å². The number of carbonyl (C=O) groups is 1. The van der Waals surface area contributed by atoms with Crippen molar-refractivity contribution in [3.05, 3.63) is 40.2 Å². The van der Waals surface area contributed by atoms with E-state index in [9.17, 15) is 14.9 Å². The van der Waals surface area contributed by atoms with Crippen LogP contribution in [-0.2, 0) is 0 Å². The molecule has 0 aliphatic carbocycles. The Labute approximate surface area is 106 Å². The molecule has 0 bridgehead atoms. The lowest BCUT2D eigenvalue weighted by Crippen LogP contribution is -2.16. The minimum Gasteiger partial charge on any atom is -0.496 e. The number of nitrogens with zero attached hydrogens (tertiary/aromatic N) is 3. The Bertz CT molecular complexity index is 610. The summed E-state index contributed by atoms with van der Waals surface area (Å²) in [6.07, 6.45) is 1.20. The molecule has 98 valence electrons. The number of carbonyl (C=O) groups excluding carboxylic acids is 1. The van der Waals surface area contributed by atoms with Crippen LogP contribution < -0.4 is 10.1 Å². The monoisotopic (exact) mass is 263 g/mol. The SMILES string of the molecule is COc1cccc([N+](=O)[O-])c1C(=O)Nc1ncn[nH]1. The number of nitro groups is 1. The number of amides is 1. The Morgan fingerprint density at radius 2 is 2.32 bits per heavy atom. The first-order valence-electron chi connectivity index (χ1n) is 5.11. The predicted octanol–water partition coefficient (Wildman–Crippen LogP) is 0.974. The molecule has 1 amide bonds. The van der Waals surface area contributed by atoms with E-state index in [-0.39, 0.29) is 22.9 Å². The van der Waals surface area contributed by atoms with Crippen LogP contribution in [0.25, 0.3) is 0 Å². The topological polar surface area (TPSA) is 123 Å². The van der Waals surface area contributed by atoms with Gasteiger partial charge in [-0.15, -0.1) is 0 Å². The average Bonchev–Trinajstić information content (AvgIpc) is 2.90. The first kappa shape index (κ1) is 12.5. The van der Waals surface area contributed by atoms with Gasteiger partial charge in [0.1, 0.15) is 12.1 Å². The van der Waals surface area contributed by atoms with Crippen molar-refractivity contribution in [2.45, 2.75) is 0 Å². The van der Waals surface area contributed by atoms with Crippen LogP contribution >= 0.6 is 0 Å². The molecule has 0 radical (unpaired) electrons. The van der Waals surface area contributed by atoms with Gasteiger partial charge in [0.05, 0.1) is 12.0 Å². The summed E-state index contributed by atoms with van der Waals surface area (Å²) in [5, 5.41) is 19.3. The van der Waals surface area contributed by atoms with E-state index < -0.39 is 10.8 Å². The summed E-state index contributed by atoms with van der Waals surface area (Å²) in [5.41, 5.74) is -0.525. The molecule has 9 nitrogen and oxygen atoms in total. The highest BCUT2D eigenvalue weighted by molar-refractivity contribution is 6.08. The van der Waals surface area contributed by atoms with Crippen molar-refractivity contribution in [2.24, 2.45) is 0 Å². The van der Waals surface area contributed by atoms with Crippen molar-refractivity contribution in [1.82, 2.24) is 15.2 Å². The number of nitrogens with one attached hydrogen (secondary N) is 2. The number of methoxy groups -OCH3 is 1. The van der Waals surface area contributed by atoms with Crippen molar-refractivity contribution in [1.29, 1.82) is 0 Å². The minimum atomic E-state index is -0.707. The second-order valence-electron chi connectivity index (χ2n) is 3.40. The number of anilines is 1. The second kappa shape index (κ2) is 5.12. The summed E-state index contributed by atoms with van der Waals surface area (Å²) in [6, 6.07) is 4.11. The zero-order valence-electron chi connectivity index (χ0n) is 9.78. The third-order valence-corrected chi connectivity index (χ3v) is 2.29. The highest BCUT2D eigenvalue weighted by atomic mass is 16.6. The number of aromatic nitrogens is 3. The molecule has 0 aliphatic rings. The summed E-state index contributed by atoms with van der Waals surface area (Å²) in [4.78, 5) is 26.0. The van der Waals surface area contributed by atoms with Crippen LogP contribution in [-0.4, -0.2) is 33.1 Å². The number of nitro benzene ring substituents is 1. The molecule has 1 heterocycles. The van der Waals surface area contributed by atoms with Crippen LogP contribution in [0.1, 0.15) is 10.4 Å². The predicted molar refractivity (Wildman–Crippen MR) is 64.0 cm³/mol. The van der Waals surface area contributed by atoms with Crippen LogP contribution in [0.3, 0.4) is 0 Å². The maximum atomic E-state index is 12.0. The first-order valence-corrected chi connectivity index (χ1v) is 5.11. The summed E-state index contributed by atoms with van der Waals surface area (Å²) in [6.45, 7) is 0. The molecule has 0 spiro atoms. The largest absolute Gasteiger partial charge is 0.496 e. The molecule has 2 N–H and O–H groups in total. The fourth-order valence-corrected chi connectivity index (χ4v) is 1.51. The molecule has 1 aromatic heterocycles. The lowest BCUT2D eigenvalue weighted by molar-refractivity contribution is -0.385. The molecule has 19 heavy (non-hydrogen) atoms. The van der Waals surface area contributed by atoms with Gasteiger partial charge in [0.2, 0.25) is 5.95 Å². The van der Waals surface area contributed by atoms with E-state index in [1.807, 2.05) is 0 Å². The molecule has 2 aromatic rings. The normalized spacial score (nSPS) is 9.95. The van der Waals surface area contributed by atoms with E-state index in [4.69, 9.17) is 4.74 Å². The van der Waals surface area contributed by atoms with Gasteiger partial charge in [0.25, 0.3) is 11.6 Å². The van der Waals surface area contributed by atoms with Gasteiger partial charge < -0.3 is 4.74 Å². The van der Waals surface area contributed by atoms with Crippen molar-refractivity contribution < 1.29 is 14.5 Å². The van der Waals surface area contributed by atoms with E-state index in [0.717, 1.165) is 0 Å². The number of hydrogen-bond acceptors (Lipinski definition) is 6. The average molecular weight is 263 g/mol. The third kappa shape index (κ3) is 2.49. The Morgan fingerprint density at radius 1 is 1.53 bits per heavy atom. The van der Waals surface area contributed by atoms with Gasteiger partial charge in [-0.25, -0.2) is 5.10 Å². The van der Waals surface area contributed by atoms with Crippen molar-refractivity contribution in [3.63, 3.8) is 0 Å². The molecule has 0 aliphatic heterocycles. The Morgan fingerprint density at radius 3 is 2.89 bits per heavy atom. The second-order valence-corrected chi connectivity index (χ2v) is 3.40. The lowest BCUT2D eigenvalue weighted by Gasteiger charge is -2.07. The zero-order chi connectivity index (χ0) is 13.8. The fraction of sp³-hybridized carbons (Fsp3) is 0.100. The highest BCUT2D eigenvalue weighted by Gasteiger charge is 2.25. The molecule has 0 unspecified atom stereocenters. The fourth-order valence-electron chi connectivity index (χ4n) is 1.51. The van der Waals surface area contributed by atoms with Crippen LogP contribution in [0.5, 0.6) is 5.75 Å². The van der Waals surface area contributed by atoms with Crippen LogP contribution in [0.2, 0.25) is 0 Å². The molecule has 0 saturated carbocycles. The zero-order valence-corrected chi connectivity index (χ0v) is 9.78.